The lowest BCUT2D eigenvalue weighted by Crippen LogP contribution is -2.30. The van der Waals surface area contributed by atoms with Crippen LogP contribution in [0.2, 0.25) is 0 Å². The van der Waals surface area contributed by atoms with E-state index in [1.807, 2.05) is 24.6 Å². The highest BCUT2D eigenvalue weighted by atomic mass is 32.2. The summed E-state index contributed by atoms with van der Waals surface area (Å²) in [5.74, 6) is -0.424. The number of fused-ring (bicyclic) bond motifs is 1. The topological polar surface area (TPSA) is 97.2 Å². The SMILES string of the molecule is CCN(c1ccccc1)S(=O)(=O)c1cccc(C(=O)Nc2cnc3c(cnn3C(C)C)c2)c1. The van der Waals surface area contributed by atoms with E-state index in [-0.39, 0.29) is 23.0 Å². The van der Waals surface area contributed by atoms with Gasteiger partial charge in [-0.05, 0) is 57.2 Å². The predicted molar refractivity (Wildman–Crippen MR) is 129 cm³/mol. The van der Waals surface area contributed by atoms with Crippen molar-refractivity contribution in [2.24, 2.45) is 0 Å². The van der Waals surface area contributed by atoms with Crippen molar-refractivity contribution in [1.29, 1.82) is 0 Å². The first kappa shape index (κ1) is 22.5. The average Bonchev–Trinajstić information content (AvgIpc) is 3.24. The summed E-state index contributed by atoms with van der Waals surface area (Å²) in [5.41, 5.74) is 2.04. The van der Waals surface area contributed by atoms with Crippen molar-refractivity contribution < 1.29 is 13.2 Å². The molecular weight excluding hydrogens is 438 g/mol. The van der Waals surface area contributed by atoms with Crippen LogP contribution in [0.1, 0.15) is 37.2 Å². The smallest absolute Gasteiger partial charge is 0.264 e. The number of carbonyl (C=O) groups is 1. The summed E-state index contributed by atoms with van der Waals surface area (Å²) in [6.45, 7) is 6.06. The number of nitrogens with zero attached hydrogens (tertiary/aromatic N) is 4. The summed E-state index contributed by atoms with van der Waals surface area (Å²) in [6, 6.07) is 16.9. The molecule has 0 spiro atoms. The van der Waals surface area contributed by atoms with Crippen LogP contribution in [0.4, 0.5) is 11.4 Å². The van der Waals surface area contributed by atoms with Crippen molar-refractivity contribution in [3.63, 3.8) is 0 Å². The summed E-state index contributed by atoms with van der Waals surface area (Å²) < 4.78 is 29.7. The van der Waals surface area contributed by atoms with Crippen molar-refractivity contribution >= 4 is 38.3 Å². The van der Waals surface area contributed by atoms with Crippen LogP contribution in [0, 0.1) is 0 Å². The molecule has 0 saturated heterocycles. The molecule has 0 unspecified atom stereocenters. The lowest BCUT2D eigenvalue weighted by atomic mass is 10.2. The number of aromatic nitrogens is 3. The molecule has 0 atom stereocenters. The molecule has 1 amide bonds. The van der Waals surface area contributed by atoms with E-state index in [0.717, 1.165) is 11.0 Å². The van der Waals surface area contributed by atoms with Gasteiger partial charge in [0, 0.05) is 23.5 Å². The molecule has 0 radical (unpaired) electrons. The summed E-state index contributed by atoms with van der Waals surface area (Å²) >= 11 is 0. The van der Waals surface area contributed by atoms with Gasteiger partial charge in [0.05, 0.1) is 28.7 Å². The molecule has 2 aromatic heterocycles. The molecule has 33 heavy (non-hydrogen) atoms. The minimum atomic E-state index is -3.84. The van der Waals surface area contributed by atoms with E-state index in [1.54, 1.807) is 61.8 Å². The van der Waals surface area contributed by atoms with Crippen LogP contribution in [0.5, 0.6) is 0 Å². The standard InChI is InChI=1S/C24H25N5O3S/c1-4-28(21-10-6-5-7-11-21)33(31,32)22-12-8-9-18(14-22)24(30)27-20-13-19-15-26-29(17(2)3)23(19)25-16-20/h5-17H,4H2,1-3H3,(H,27,30). The first-order chi connectivity index (χ1) is 15.8. The molecule has 2 heterocycles. The zero-order valence-corrected chi connectivity index (χ0v) is 19.5. The van der Waals surface area contributed by atoms with E-state index in [4.69, 9.17) is 0 Å². The number of amides is 1. The number of benzene rings is 2. The maximum atomic E-state index is 13.3. The van der Waals surface area contributed by atoms with Crippen molar-refractivity contribution in [1.82, 2.24) is 14.8 Å². The Morgan fingerprint density at radius 2 is 1.82 bits per heavy atom. The quantitative estimate of drug-likeness (QED) is 0.436. The molecule has 0 saturated carbocycles. The number of anilines is 2. The third kappa shape index (κ3) is 4.45. The highest BCUT2D eigenvalue weighted by Crippen LogP contribution is 2.24. The summed E-state index contributed by atoms with van der Waals surface area (Å²) in [6.07, 6.45) is 3.27. The lowest BCUT2D eigenvalue weighted by Gasteiger charge is -2.23. The lowest BCUT2D eigenvalue weighted by molar-refractivity contribution is 0.102. The molecule has 4 rings (SSSR count). The van der Waals surface area contributed by atoms with Gasteiger partial charge in [-0.25, -0.2) is 18.1 Å². The van der Waals surface area contributed by atoms with Crippen molar-refractivity contribution in [2.45, 2.75) is 31.7 Å². The molecule has 0 bridgehead atoms. The molecule has 2 aromatic carbocycles. The van der Waals surface area contributed by atoms with Crippen LogP contribution in [0.15, 0.2) is 78.0 Å². The van der Waals surface area contributed by atoms with E-state index in [0.29, 0.717) is 11.4 Å². The van der Waals surface area contributed by atoms with Gasteiger partial charge in [-0.15, -0.1) is 0 Å². The van der Waals surface area contributed by atoms with Crippen LogP contribution in [0.25, 0.3) is 11.0 Å². The number of nitrogens with one attached hydrogen (secondary N) is 1. The summed E-state index contributed by atoms with van der Waals surface area (Å²) in [5, 5.41) is 7.93. The van der Waals surface area contributed by atoms with E-state index >= 15 is 0 Å². The molecule has 170 valence electrons. The molecule has 4 aromatic rings. The highest BCUT2D eigenvalue weighted by Gasteiger charge is 2.24. The average molecular weight is 464 g/mol. The molecule has 0 aliphatic heterocycles. The fraction of sp³-hybridized carbons (Fsp3) is 0.208. The van der Waals surface area contributed by atoms with Crippen LogP contribution >= 0.6 is 0 Å². The molecule has 1 N–H and O–H groups in total. The van der Waals surface area contributed by atoms with Crippen LogP contribution < -0.4 is 9.62 Å². The van der Waals surface area contributed by atoms with Gasteiger partial charge >= 0.3 is 0 Å². The van der Waals surface area contributed by atoms with Gasteiger partial charge in [-0.2, -0.15) is 5.10 Å². The monoisotopic (exact) mass is 463 g/mol. The Balaban J connectivity index is 1.59. The Morgan fingerprint density at radius 3 is 2.52 bits per heavy atom. The van der Waals surface area contributed by atoms with Crippen molar-refractivity contribution in [2.75, 3.05) is 16.2 Å². The zero-order valence-electron chi connectivity index (χ0n) is 18.6. The van der Waals surface area contributed by atoms with E-state index in [2.05, 4.69) is 15.4 Å². The number of sulfonamides is 1. The van der Waals surface area contributed by atoms with Crippen molar-refractivity contribution in [3.8, 4) is 0 Å². The number of hydrogen-bond acceptors (Lipinski definition) is 5. The van der Waals surface area contributed by atoms with Gasteiger partial charge in [0.15, 0.2) is 5.65 Å². The molecular formula is C24H25N5O3S. The molecule has 0 aliphatic rings. The second-order valence-electron chi connectivity index (χ2n) is 7.81. The first-order valence-corrected chi connectivity index (χ1v) is 12.1. The Labute approximate surface area is 192 Å². The fourth-order valence-corrected chi connectivity index (χ4v) is 5.12. The van der Waals surface area contributed by atoms with E-state index < -0.39 is 15.9 Å². The zero-order chi connectivity index (χ0) is 23.6. The van der Waals surface area contributed by atoms with Gasteiger partial charge in [-0.1, -0.05) is 24.3 Å². The molecule has 8 nitrogen and oxygen atoms in total. The number of hydrogen-bond donors (Lipinski definition) is 1. The summed E-state index contributed by atoms with van der Waals surface area (Å²) in [4.78, 5) is 17.3. The minimum absolute atomic E-state index is 0.0487. The van der Waals surface area contributed by atoms with Gasteiger partial charge in [0.1, 0.15) is 0 Å². The highest BCUT2D eigenvalue weighted by molar-refractivity contribution is 7.92. The van der Waals surface area contributed by atoms with E-state index in [1.165, 1.54) is 16.4 Å². The number of rotatable bonds is 7. The van der Waals surface area contributed by atoms with Gasteiger partial charge < -0.3 is 5.32 Å². The van der Waals surface area contributed by atoms with Crippen LogP contribution in [-0.2, 0) is 10.0 Å². The second-order valence-corrected chi connectivity index (χ2v) is 9.67. The van der Waals surface area contributed by atoms with Gasteiger partial charge in [-0.3, -0.25) is 9.10 Å². The number of pyridine rings is 1. The van der Waals surface area contributed by atoms with Crippen molar-refractivity contribution in [3.05, 3.63) is 78.6 Å². The maximum Gasteiger partial charge on any atom is 0.264 e. The van der Waals surface area contributed by atoms with Gasteiger partial charge in [0.2, 0.25) is 0 Å². The third-order valence-electron chi connectivity index (χ3n) is 5.20. The van der Waals surface area contributed by atoms with E-state index in [9.17, 15) is 13.2 Å². The van der Waals surface area contributed by atoms with Crippen LogP contribution in [-0.4, -0.2) is 35.6 Å². The Morgan fingerprint density at radius 1 is 1.06 bits per heavy atom. The Bertz CT molecular complexity index is 1400. The third-order valence-corrected chi connectivity index (χ3v) is 7.09. The molecule has 0 aliphatic carbocycles. The maximum absolute atomic E-state index is 13.3. The molecule has 0 fully saturated rings. The molecule has 9 heteroatoms. The van der Waals surface area contributed by atoms with Gasteiger partial charge in [0.25, 0.3) is 15.9 Å². The number of carbonyl (C=O) groups excluding carboxylic acids is 1. The second kappa shape index (κ2) is 9.03. The summed E-state index contributed by atoms with van der Waals surface area (Å²) in [7, 11) is -3.84. The Hall–Kier alpha value is -3.72. The number of para-hydroxylation sites is 1. The minimum Gasteiger partial charge on any atom is -0.321 e. The first-order valence-electron chi connectivity index (χ1n) is 10.6. The Kier molecular flexibility index (Phi) is 6.15. The normalized spacial score (nSPS) is 11.6. The van der Waals surface area contributed by atoms with Crippen LogP contribution in [0.3, 0.4) is 0 Å². The predicted octanol–water partition coefficient (Wildman–Crippen LogP) is 4.48. The fourth-order valence-electron chi connectivity index (χ4n) is 3.60. The largest absolute Gasteiger partial charge is 0.321 e.